The van der Waals surface area contributed by atoms with Crippen LogP contribution in [-0.4, -0.2) is 33.5 Å². The lowest BCUT2D eigenvalue weighted by atomic mass is 9.96. The first-order valence-electron chi connectivity index (χ1n) is 12.1. The Hall–Kier alpha value is -3.88. The number of hydrogen-bond acceptors (Lipinski definition) is 8. The normalized spacial score (nSPS) is 12.4. The molecule has 1 aliphatic rings. The number of benzene rings is 2. The van der Waals surface area contributed by atoms with Gasteiger partial charge in [-0.2, -0.15) is 5.26 Å². The summed E-state index contributed by atoms with van der Waals surface area (Å²) in [6.07, 6.45) is 4.03. The largest absolute Gasteiger partial charge is 0.497 e. The number of nitrogens with one attached hydrogen (secondary N) is 2. The smallest absolute Gasteiger partial charge is 0.235 e. The molecule has 0 bridgehead atoms. The van der Waals surface area contributed by atoms with Crippen LogP contribution in [0.2, 0.25) is 0 Å². The van der Waals surface area contributed by atoms with Crippen molar-refractivity contribution in [2.75, 3.05) is 23.5 Å². The topological polar surface area (TPSA) is 105 Å². The molecule has 0 saturated heterocycles. The van der Waals surface area contributed by atoms with E-state index in [0.717, 1.165) is 42.6 Å². The number of nitrogens with zero attached hydrogens (tertiary/aromatic N) is 4. The second-order valence-corrected chi connectivity index (χ2v) is 10.7. The monoisotopic (exact) mass is 548 g/mol. The summed E-state index contributed by atoms with van der Waals surface area (Å²) in [5, 5.41) is 25.7. The standard InChI is InChI=1S/C27H25FN6O2S2/c1-36-20-12-10-19(11-13-20)34-24(15-30-18-8-6-17(28)7-9-18)32-33-27(34)37-16-25(35)31-26-22(14-29)21-4-2-3-5-23(21)38-26/h6-13,30H,2-5,15-16H2,1H3,(H,31,35). The first-order valence-corrected chi connectivity index (χ1v) is 13.9. The Morgan fingerprint density at radius 2 is 1.92 bits per heavy atom. The molecule has 5 rings (SSSR count). The van der Waals surface area contributed by atoms with Crippen molar-refractivity contribution in [3.05, 3.63) is 76.2 Å². The van der Waals surface area contributed by atoms with Crippen LogP contribution in [0, 0.1) is 17.1 Å². The summed E-state index contributed by atoms with van der Waals surface area (Å²) in [4.78, 5) is 14.1. The van der Waals surface area contributed by atoms with E-state index in [2.05, 4.69) is 26.9 Å². The van der Waals surface area contributed by atoms with E-state index in [1.54, 1.807) is 19.2 Å². The molecule has 2 aromatic heterocycles. The van der Waals surface area contributed by atoms with Gasteiger partial charge < -0.3 is 15.4 Å². The number of carbonyl (C=O) groups excluding carboxylic acids is 1. The zero-order chi connectivity index (χ0) is 26.5. The SMILES string of the molecule is COc1ccc(-n2c(CNc3ccc(F)cc3)nnc2SCC(=O)Nc2sc3c(c2C#N)CCCC3)cc1. The summed E-state index contributed by atoms with van der Waals surface area (Å²) in [7, 11) is 1.60. The molecule has 194 valence electrons. The molecule has 0 unspecified atom stereocenters. The van der Waals surface area contributed by atoms with Crippen LogP contribution in [0.4, 0.5) is 15.1 Å². The van der Waals surface area contributed by atoms with Crippen LogP contribution >= 0.6 is 23.1 Å². The summed E-state index contributed by atoms with van der Waals surface area (Å²) in [6.45, 7) is 0.337. The third-order valence-corrected chi connectivity index (χ3v) is 8.33. The molecule has 0 fully saturated rings. The summed E-state index contributed by atoms with van der Waals surface area (Å²) in [5.74, 6) is 0.931. The van der Waals surface area contributed by atoms with Gasteiger partial charge in [0, 0.05) is 16.3 Å². The predicted molar refractivity (Wildman–Crippen MR) is 147 cm³/mol. The molecule has 2 aromatic carbocycles. The first-order chi connectivity index (χ1) is 18.6. The number of hydrogen-bond donors (Lipinski definition) is 2. The summed E-state index contributed by atoms with van der Waals surface area (Å²) >= 11 is 2.77. The zero-order valence-corrected chi connectivity index (χ0v) is 22.3. The van der Waals surface area contributed by atoms with E-state index >= 15 is 0 Å². The number of halogens is 1. The number of ether oxygens (including phenoxy) is 1. The highest BCUT2D eigenvalue weighted by Crippen LogP contribution is 2.37. The Balaban J connectivity index is 1.33. The van der Waals surface area contributed by atoms with Crippen LogP contribution in [0.25, 0.3) is 5.69 Å². The van der Waals surface area contributed by atoms with Gasteiger partial charge in [-0.3, -0.25) is 9.36 Å². The van der Waals surface area contributed by atoms with Gasteiger partial charge in [0.15, 0.2) is 11.0 Å². The molecule has 0 atom stereocenters. The Kier molecular flexibility index (Phi) is 7.91. The highest BCUT2D eigenvalue weighted by molar-refractivity contribution is 7.99. The maximum atomic E-state index is 13.3. The van der Waals surface area contributed by atoms with E-state index in [0.29, 0.717) is 33.8 Å². The van der Waals surface area contributed by atoms with Crippen molar-refractivity contribution in [3.63, 3.8) is 0 Å². The minimum Gasteiger partial charge on any atom is -0.497 e. The Morgan fingerprint density at radius 1 is 1.16 bits per heavy atom. The van der Waals surface area contributed by atoms with Crippen LogP contribution in [0.15, 0.2) is 53.7 Å². The molecule has 2 N–H and O–H groups in total. The van der Waals surface area contributed by atoms with E-state index in [4.69, 9.17) is 4.74 Å². The van der Waals surface area contributed by atoms with Gasteiger partial charge in [0.1, 0.15) is 22.6 Å². The van der Waals surface area contributed by atoms with Gasteiger partial charge in [0.25, 0.3) is 0 Å². The molecular weight excluding hydrogens is 523 g/mol. The number of thioether (sulfide) groups is 1. The number of rotatable bonds is 9. The van der Waals surface area contributed by atoms with E-state index in [9.17, 15) is 14.4 Å². The van der Waals surface area contributed by atoms with Gasteiger partial charge in [-0.05, 0) is 79.8 Å². The van der Waals surface area contributed by atoms with Crippen LogP contribution in [0.5, 0.6) is 5.75 Å². The number of aromatic nitrogens is 3. The predicted octanol–water partition coefficient (Wildman–Crippen LogP) is 5.57. The third-order valence-electron chi connectivity index (χ3n) is 6.19. The summed E-state index contributed by atoms with van der Waals surface area (Å²) < 4.78 is 20.4. The number of nitriles is 1. The van der Waals surface area contributed by atoms with E-state index in [1.165, 1.54) is 40.1 Å². The number of anilines is 2. The maximum Gasteiger partial charge on any atom is 0.235 e. The molecule has 38 heavy (non-hydrogen) atoms. The minimum absolute atomic E-state index is 0.104. The quantitative estimate of drug-likeness (QED) is 0.264. The van der Waals surface area contributed by atoms with Crippen molar-refractivity contribution in [2.45, 2.75) is 37.4 Å². The number of methoxy groups -OCH3 is 1. The maximum absolute atomic E-state index is 13.3. The second kappa shape index (κ2) is 11.7. The molecule has 4 aromatic rings. The highest BCUT2D eigenvalue weighted by atomic mass is 32.2. The number of aryl methyl sites for hydroxylation is 1. The fourth-order valence-electron chi connectivity index (χ4n) is 4.31. The average molecular weight is 549 g/mol. The molecular formula is C27H25FN6O2S2. The molecule has 0 radical (unpaired) electrons. The van der Waals surface area contributed by atoms with Crippen molar-refractivity contribution >= 4 is 39.7 Å². The fraction of sp³-hybridized carbons (Fsp3) is 0.259. The van der Waals surface area contributed by atoms with Crippen molar-refractivity contribution in [3.8, 4) is 17.5 Å². The summed E-state index contributed by atoms with van der Waals surface area (Å²) in [6, 6.07) is 15.8. The van der Waals surface area contributed by atoms with E-state index in [1.807, 2.05) is 28.8 Å². The van der Waals surface area contributed by atoms with Gasteiger partial charge in [-0.1, -0.05) is 11.8 Å². The van der Waals surface area contributed by atoms with Gasteiger partial charge >= 0.3 is 0 Å². The first kappa shape index (κ1) is 25.8. The van der Waals surface area contributed by atoms with Crippen molar-refractivity contribution in [1.82, 2.24) is 14.8 Å². The Morgan fingerprint density at radius 3 is 2.66 bits per heavy atom. The average Bonchev–Trinajstić information content (AvgIpc) is 3.51. The van der Waals surface area contributed by atoms with Crippen molar-refractivity contribution in [1.29, 1.82) is 5.26 Å². The number of carbonyl (C=O) groups is 1. The lowest BCUT2D eigenvalue weighted by molar-refractivity contribution is -0.113. The van der Waals surface area contributed by atoms with Gasteiger partial charge in [0.2, 0.25) is 5.91 Å². The lowest BCUT2D eigenvalue weighted by Crippen LogP contribution is -2.15. The third kappa shape index (κ3) is 5.66. The molecule has 0 spiro atoms. The van der Waals surface area contributed by atoms with Crippen LogP contribution in [-0.2, 0) is 24.2 Å². The zero-order valence-electron chi connectivity index (χ0n) is 20.7. The number of thiophene rings is 1. The van der Waals surface area contributed by atoms with E-state index in [-0.39, 0.29) is 17.5 Å². The van der Waals surface area contributed by atoms with Gasteiger partial charge in [-0.15, -0.1) is 21.5 Å². The van der Waals surface area contributed by atoms with Crippen molar-refractivity contribution in [2.24, 2.45) is 0 Å². The number of fused-ring (bicyclic) bond motifs is 1. The molecule has 2 heterocycles. The highest BCUT2D eigenvalue weighted by Gasteiger charge is 2.22. The molecule has 1 aliphatic carbocycles. The van der Waals surface area contributed by atoms with Gasteiger partial charge in [0.05, 0.1) is 25.0 Å². The molecule has 11 heteroatoms. The Labute approximate surface area is 227 Å². The fourth-order valence-corrected chi connectivity index (χ4v) is 6.34. The lowest BCUT2D eigenvalue weighted by Gasteiger charge is -2.12. The van der Waals surface area contributed by atoms with E-state index < -0.39 is 0 Å². The molecule has 1 amide bonds. The second-order valence-electron chi connectivity index (χ2n) is 8.66. The van der Waals surface area contributed by atoms with Crippen LogP contribution in [0.1, 0.15) is 34.7 Å². The van der Waals surface area contributed by atoms with Crippen molar-refractivity contribution < 1.29 is 13.9 Å². The van der Waals surface area contributed by atoms with Crippen LogP contribution in [0.3, 0.4) is 0 Å². The summed E-state index contributed by atoms with van der Waals surface area (Å²) in [5.41, 5.74) is 3.24. The number of amides is 1. The van der Waals surface area contributed by atoms with Crippen LogP contribution < -0.4 is 15.4 Å². The Bertz CT molecular complexity index is 1480. The molecule has 0 aliphatic heterocycles. The molecule has 8 nitrogen and oxygen atoms in total. The molecule has 0 saturated carbocycles. The minimum atomic E-state index is -0.307. The van der Waals surface area contributed by atoms with Gasteiger partial charge in [-0.25, -0.2) is 4.39 Å².